The van der Waals surface area contributed by atoms with E-state index < -0.39 is 11.7 Å². The summed E-state index contributed by atoms with van der Waals surface area (Å²) in [6, 6.07) is 32.9. The summed E-state index contributed by atoms with van der Waals surface area (Å²) in [4.78, 5) is 2.12. The van der Waals surface area contributed by atoms with E-state index in [1.807, 2.05) is 84.9 Å². The Morgan fingerprint density at radius 1 is 0.625 bits per heavy atom. The molecule has 6 heteroatoms. The molecule has 0 atom stereocenters. The van der Waals surface area contributed by atoms with E-state index in [1.165, 1.54) is 24.4 Å². The quantitative estimate of drug-likeness (QED) is 0.251. The maximum atomic E-state index is 13.1. The Hall–Kier alpha value is -4.06. The van der Waals surface area contributed by atoms with Crippen molar-refractivity contribution in [2.45, 2.75) is 6.18 Å². The van der Waals surface area contributed by atoms with Crippen molar-refractivity contribution in [1.29, 1.82) is 0 Å². The third kappa shape index (κ3) is 4.98. The van der Waals surface area contributed by atoms with Crippen LogP contribution in [0.3, 0.4) is 0 Å². The van der Waals surface area contributed by atoms with Crippen LogP contribution < -0.4 is 10.3 Å². The third-order valence-corrected chi connectivity index (χ3v) is 4.81. The first kappa shape index (κ1) is 21.2. The minimum Gasteiger partial charge on any atom is -0.311 e. The van der Waals surface area contributed by atoms with Crippen molar-refractivity contribution < 1.29 is 13.2 Å². The zero-order chi connectivity index (χ0) is 22.4. The summed E-state index contributed by atoms with van der Waals surface area (Å²) < 4.78 is 39.3. The number of alkyl halides is 3. The van der Waals surface area contributed by atoms with Gasteiger partial charge in [0.15, 0.2) is 0 Å². The summed E-state index contributed by atoms with van der Waals surface area (Å²) in [7, 11) is 0. The molecule has 4 aromatic rings. The van der Waals surface area contributed by atoms with Gasteiger partial charge in [0.05, 0.1) is 17.5 Å². The topological polar surface area (TPSA) is 27.6 Å². The first-order chi connectivity index (χ1) is 15.5. The van der Waals surface area contributed by atoms with Crippen LogP contribution in [0.25, 0.3) is 0 Å². The maximum Gasteiger partial charge on any atom is 0.418 e. The molecule has 0 radical (unpaired) electrons. The summed E-state index contributed by atoms with van der Waals surface area (Å²) in [6.07, 6.45) is -2.95. The van der Waals surface area contributed by atoms with Gasteiger partial charge >= 0.3 is 6.18 Å². The van der Waals surface area contributed by atoms with Gasteiger partial charge in [-0.25, -0.2) is 0 Å². The molecule has 4 rings (SSSR count). The van der Waals surface area contributed by atoms with Gasteiger partial charge in [-0.2, -0.15) is 18.3 Å². The molecule has 0 unspecified atom stereocenters. The molecule has 0 fully saturated rings. The molecule has 4 aromatic carbocycles. The predicted molar refractivity (Wildman–Crippen MR) is 124 cm³/mol. The minimum absolute atomic E-state index is 0.0906. The summed E-state index contributed by atoms with van der Waals surface area (Å²) >= 11 is 0. The highest BCUT2D eigenvalue weighted by Gasteiger charge is 2.33. The van der Waals surface area contributed by atoms with Crippen molar-refractivity contribution in [2.75, 3.05) is 10.3 Å². The minimum atomic E-state index is -4.45. The van der Waals surface area contributed by atoms with Gasteiger partial charge in [0.2, 0.25) is 0 Å². The SMILES string of the molecule is FC(F)(F)c1ccccc1N/N=C\c1ccc(N(c2ccccc2)c2ccccc2)cc1. The van der Waals surface area contributed by atoms with Crippen molar-refractivity contribution in [2.24, 2.45) is 5.10 Å². The normalized spacial score (nSPS) is 11.5. The Kier molecular flexibility index (Phi) is 6.22. The van der Waals surface area contributed by atoms with Crippen molar-refractivity contribution in [1.82, 2.24) is 0 Å². The number of benzene rings is 4. The largest absolute Gasteiger partial charge is 0.418 e. The zero-order valence-electron chi connectivity index (χ0n) is 17.0. The molecule has 32 heavy (non-hydrogen) atoms. The molecule has 0 aliphatic heterocycles. The van der Waals surface area contributed by atoms with E-state index >= 15 is 0 Å². The molecular weight excluding hydrogens is 411 g/mol. The van der Waals surface area contributed by atoms with E-state index in [2.05, 4.69) is 15.4 Å². The van der Waals surface area contributed by atoms with E-state index in [-0.39, 0.29) is 5.69 Å². The molecule has 0 saturated heterocycles. The molecule has 0 saturated carbocycles. The van der Waals surface area contributed by atoms with Gasteiger partial charge < -0.3 is 4.90 Å². The van der Waals surface area contributed by atoms with Crippen LogP contribution in [0.5, 0.6) is 0 Å². The van der Waals surface area contributed by atoms with E-state index in [0.717, 1.165) is 28.7 Å². The number of hydrogen-bond acceptors (Lipinski definition) is 3. The first-order valence-electron chi connectivity index (χ1n) is 9.98. The number of hydrazone groups is 1. The summed E-state index contributed by atoms with van der Waals surface area (Å²) in [5.74, 6) is 0. The highest BCUT2D eigenvalue weighted by Crippen LogP contribution is 2.35. The fraction of sp³-hybridized carbons (Fsp3) is 0.0385. The molecule has 160 valence electrons. The van der Waals surface area contributed by atoms with Gasteiger partial charge in [-0.15, -0.1) is 0 Å². The Labute approximate surface area is 184 Å². The molecule has 0 spiro atoms. The molecule has 0 aliphatic rings. The van der Waals surface area contributed by atoms with Gasteiger partial charge in [0.25, 0.3) is 0 Å². The fourth-order valence-corrected chi connectivity index (χ4v) is 3.31. The van der Waals surface area contributed by atoms with Crippen molar-refractivity contribution in [3.8, 4) is 0 Å². The molecule has 0 aromatic heterocycles. The highest BCUT2D eigenvalue weighted by atomic mass is 19.4. The second-order valence-electron chi connectivity index (χ2n) is 7.01. The molecule has 0 heterocycles. The molecule has 0 amide bonds. The second kappa shape index (κ2) is 9.39. The van der Waals surface area contributed by atoms with Crippen LogP contribution in [-0.2, 0) is 6.18 Å². The van der Waals surface area contributed by atoms with Crippen molar-refractivity contribution >= 4 is 29.0 Å². The lowest BCUT2D eigenvalue weighted by molar-refractivity contribution is -0.136. The van der Waals surface area contributed by atoms with Gasteiger partial charge in [0, 0.05) is 17.1 Å². The number of nitrogens with one attached hydrogen (secondary N) is 1. The Balaban J connectivity index is 1.55. The number of rotatable bonds is 6. The van der Waals surface area contributed by atoms with Crippen LogP contribution in [0, 0.1) is 0 Å². The number of hydrogen-bond donors (Lipinski definition) is 1. The standard InChI is InChI=1S/C26H20F3N3/c27-26(28,29)24-13-7-8-14-25(24)31-30-19-20-15-17-23(18-16-20)32(21-9-3-1-4-10-21)22-11-5-2-6-12-22/h1-19,31H/b30-19-. The van der Waals surface area contributed by atoms with E-state index in [0.29, 0.717) is 0 Å². The van der Waals surface area contributed by atoms with Gasteiger partial charge in [0.1, 0.15) is 0 Å². The number of halogens is 3. The fourth-order valence-electron chi connectivity index (χ4n) is 3.31. The molecular formula is C26H20F3N3. The Morgan fingerprint density at radius 3 is 1.69 bits per heavy atom. The molecule has 0 aliphatic carbocycles. The average Bonchev–Trinajstić information content (AvgIpc) is 2.81. The number of anilines is 4. The van der Waals surface area contributed by atoms with Crippen molar-refractivity contribution in [3.63, 3.8) is 0 Å². The van der Waals surface area contributed by atoms with Gasteiger partial charge in [-0.1, -0.05) is 60.7 Å². The molecule has 3 nitrogen and oxygen atoms in total. The van der Waals surface area contributed by atoms with Crippen LogP contribution in [-0.4, -0.2) is 6.21 Å². The lowest BCUT2D eigenvalue weighted by atomic mass is 10.1. The second-order valence-corrected chi connectivity index (χ2v) is 7.01. The number of nitrogens with zero attached hydrogens (tertiary/aromatic N) is 2. The lowest BCUT2D eigenvalue weighted by Crippen LogP contribution is -2.09. The lowest BCUT2D eigenvalue weighted by Gasteiger charge is -2.25. The predicted octanol–water partition coefficient (Wildman–Crippen LogP) is 7.62. The monoisotopic (exact) mass is 431 g/mol. The Bertz CT molecular complexity index is 1130. The van der Waals surface area contributed by atoms with Gasteiger partial charge in [-0.05, 0) is 54.1 Å². The summed E-state index contributed by atoms with van der Waals surface area (Å²) in [5, 5.41) is 3.99. The van der Waals surface area contributed by atoms with Crippen LogP contribution >= 0.6 is 0 Å². The third-order valence-electron chi connectivity index (χ3n) is 4.81. The maximum absolute atomic E-state index is 13.1. The van der Waals surface area contributed by atoms with Crippen molar-refractivity contribution in [3.05, 3.63) is 120 Å². The molecule has 1 N–H and O–H groups in total. The summed E-state index contributed by atoms with van der Waals surface area (Å²) in [6.45, 7) is 0. The van der Waals surface area contributed by atoms with E-state index in [9.17, 15) is 13.2 Å². The Morgan fingerprint density at radius 2 is 1.12 bits per heavy atom. The molecule has 0 bridgehead atoms. The first-order valence-corrected chi connectivity index (χ1v) is 9.98. The van der Waals surface area contributed by atoms with Crippen LogP contribution in [0.2, 0.25) is 0 Å². The highest BCUT2D eigenvalue weighted by molar-refractivity contribution is 5.83. The van der Waals surface area contributed by atoms with E-state index in [4.69, 9.17) is 0 Å². The van der Waals surface area contributed by atoms with Crippen LogP contribution in [0.15, 0.2) is 114 Å². The van der Waals surface area contributed by atoms with Gasteiger partial charge in [-0.3, -0.25) is 5.43 Å². The number of para-hydroxylation sites is 3. The smallest absolute Gasteiger partial charge is 0.311 e. The van der Waals surface area contributed by atoms with E-state index in [1.54, 1.807) is 0 Å². The zero-order valence-corrected chi connectivity index (χ0v) is 17.0. The average molecular weight is 431 g/mol. The van der Waals surface area contributed by atoms with Crippen LogP contribution in [0.4, 0.5) is 35.9 Å². The van der Waals surface area contributed by atoms with Crippen LogP contribution in [0.1, 0.15) is 11.1 Å². The summed E-state index contributed by atoms with van der Waals surface area (Å²) in [5.41, 5.74) is 5.40.